The van der Waals surface area contributed by atoms with E-state index >= 15 is 0 Å². The van der Waals surface area contributed by atoms with Crippen molar-refractivity contribution in [3.63, 3.8) is 0 Å². The van der Waals surface area contributed by atoms with E-state index in [1.807, 2.05) is 32.9 Å². The van der Waals surface area contributed by atoms with Crippen molar-refractivity contribution in [3.8, 4) is 5.75 Å². The van der Waals surface area contributed by atoms with Gasteiger partial charge in [0.25, 0.3) is 5.91 Å². The Labute approximate surface area is 179 Å². The third kappa shape index (κ3) is 5.02. The maximum absolute atomic E-state index is 13.1. The number of aryl methyl sites for hydroxylation is 1. The molecule has 7 heteroatoms. The smallest absolute Gasteiger partial charge is 0.255 e. The molecule has 3 rings (SSSR count). The maximum atomic E-state index is 13.1. The molecule has 1 heterocycles. The molecule has 2 aromatic carbocycles. The summed E-state index contributed by atoms with van der Waals surface area (Å²) in [5.41, 5.74) is 1.89. The van der Waals surface area contributed by atoms with Gasteiger partial charge in [0.2, 0.25) is 10.0 Å². The van der Waals surface area contributed by atoms with E-state index in [0.29, 0.717) is 30.2 Å². The molecule has 162 valence electrons. The first-order chi connectivity index (χ1) is 14.3. The predicted octanol–water partition coefficient (Wildman–Crippen LogP) is 4.60. The lowest BCUT2D eigenvalue weighted by atomic mass is 10.1. The van der Waals surface area contributed by atoms with Crippen LogP contribution in [0.1, 0.15) is 55.5 Å². The summed E-state index contributed by atoms with van der Waals surface area (Å²) in [4.78, 5) is 13.0. The number of nitrogens with zero attached hydrogens (tertiary/aromatic N) is 1. The van der Waals surface area contributed by atoms with Gasteiger partial charge in [-0.25, -0.2) is 8.42 Å². The number of sulfonamides is 1. The molecule has 1 unspecified atom stereocenters. The van der Waals surface area contributed by atoms with Crippen LogP contribution in [0.5, 0.6) is 5.75 Å². The zero-order chi connectivity index (χ0) is 21.7. The predicted molar refractivity (Wildman–Crippen MR) is 119 cm³/mol. The van der Waals surface area contributed by atoms with Crippen LogP contribution in [0.25, 0.3) is 0 Å². The second kappa shape index (κ2) is 9.62. The highest BCUT2D eigenvalue weighted by Gasteiger charge is 2.31. The van der Waals surface area contributed by atoms with Crippen LogP contribution < -0.4 is 10.1 Å². The minimum absolute atomic E-state index is 0.0351. The summed E-state index contributed by atoms with van der Waals surface area (Å²) in [6, 6.07) is 11.8. The van der Waals surface area contributed by atoms with Crippen molar-refractivity contribution in [1.82, 2.24) is 4.31 Å². The van der Waals surface area contributed by atoms with Crippen LogP contribution in [0.4, 0.5) is 5.69 Å². The van der Waals surface area contributed by atoms with Crippen molar-refractivity contribution in [2.75, 3.05) is 18.5 Å². The molecule has 0 aliphatic carbocycles. The molecule has 1 fully saturated rings. The van der Waals surface area contributed by atoms with E-state index < -0.39 is 10.0 Å². The standard InChI is InChI=1S/C23H30N2O4S/c1-4-14-29-22-15-17(2)11-12-21(22)24-23(26)19-9-7-10-20(16-19)30(27,28)25-13-6-5-8-18(25)3/h7,9-12,15-16,18H,4-6,8,13-14H2,1-3H3,(H,24,26). The number of anilines is 1. The van der Waals surface area contributed by atoms with Gasteiger partial charge in [-0.15, -0.1) is 0 Å². The first-order valence-corrected chi connectivity index (χ1v) is 11.9. The molecule has 1 amide bonds. The summed E-state index contributed by atoms with van der Waals surface area (Å²) < 4.78 is 33.5. The van der Waals surface area contributed by atoms with Gasteiger partial charge in [-0.05, 0) is 69.0 Å². The average Bonchev–Trinajstić information content (AvgIpc) is 2.74. The number of nitrogens with one attached hydrogen (secondary N) is 1. The van der Waals surface area contributed by atoms with E-state index in [0.717, 1.165) is 31.2 Å². The normalized spacial score (nSPS) is 17.5. The Balaban J connectivity index is 1.83. The number of rotatable bonds is 7. The lowest BCUT2D eigenvalue weighted by Gasteiger charge is -2.32. The number of hydrogen-bond donors (Lipinski definition) is 1. The van der Waals surface area contributed by atoms with Crippen LogP contribution in [0.15, 0.2) is 47.4 Å². The van der Waals surface area contributed by atoms with Crippen LogP contribution in [-0.4, -0.2) is 37.8 Å². The fourth-order valence-electron chi connectivity index (χ4n) is 3.62. The zero-order valence-corrected chi connectivity index (χ0v) is 18.7. The molecule has 0 bridgehead atoms. The number of amides is 1. The summed E-state index contributed by atoms with van der Waals surface area (Å²) >= 11 is 0. The number of hydrogen-bond acceptors (Lipinski definition) is 4. The molecule has 1 aliphatic rings. The Morgan fingerprint density at radius 3 is 2.73 bits per heavy atom. The first-order valence-electron chi connectivity index (χ1n) is 10.5. The van der Waals surface area contributed by atoms with Crippen LogP contribution in [0, 0.1) is 6.92 Å². The summed E-state index contributed by atoms with van der Waals surface area (Å²) in [6.45, 7) is 6.97. The minimum Gasteiger partial charge on any atom is -0.491 e. The number of benzene rings is 2. The number of carbonyl (C=O) groups excluding carboxylic acids is 1. The molecule has 1 saturated heterocycles. The van der Waals surface area contributed by atoms with E-state index in [9.17, 15) is 13.2 Å². The molecule has 1 atom stereocenters. The van der Waals surface area contributed by atoms with Crippen molar-refractivity contribution in [3.05, 3.63) is 53.6 Å². The van der Waals surface area contributed by atoms with E-state index in [-0.39, 0.29) is 16.8 Å². The lowest BCUT2D eigenvalue weighted by Crippen LogP contribution is -2.41. The molecular weight excluding hydrogens is 400 g/mol. The van der Waals surface area contributed by atoms with Crippen LogP contribution in [0.3, 0.4) is 0 Å². The van der Waals surface area contributed by atoms with Crippen molar-refractivity contribution < 1.29 is 17.9 Å². The van der Waals surface area contributed by atoms with Crippen molar-refractivity contribution in [2.45, 2.75) is 57.4 Å². The van der Waals surface area contributed by atoms with Crippen molar-refractivity contribution in [2.24, 2.45) is 0 Å². The van der Waals surface area contributed by atoms with Gasteiger partial charge in [0.15, 0.2) is 0 Å². The zero-order valence-electron chi connectivity index (χ0n) is 17.8. The van der Waals surface area contributed by atoms with E-state index in [1.54, 1.807) is 28.6 Å². The highest BCUT2D eigenvalue weighted by atomic mass is 32.2. The Morgan fingerprint density at radius 1 is 1.20 bits per heavy atom. The second-order valence-electron chi connectivity index (χ2n) is 7.79. The topological polar surface area (TPSA) is 75.7 Å². The lowest BCUT2D eigenvalue weighted by molar-refractivity contribution is 0.102. The Hall–Kier alpha value is -2.38. The summed E-state index contributed by atoms with van der Waals surface area (Å²) in [7, 11) is -3.64. The number of carbonyl (C=O) groups is 1. The molecule has 1 N–H and O–H groups in total. The molecule has 0 radical (unpaired) electrons. The maximum Gasteiger partial charge on any atom is 0.255 e. The second-order valence-corrected chi connectivity index (χ2v) is 9.68. The average molecular weight is 431 g/mol. The fourth-order valence-corrected chi connectivity index (χ4v) is 5.37. The Kier molecular flexibility index (Phi) is 7.15. The van der Waals surface area contributed by atoms with Crippen molar-refractivity contribution >= 4 is 21.6 Å². The van der Waals surface area contributed by atoms with Gasteiger partial charge in [0, 0.05) is 18.2 Å². The van der Waals surface area contributed by atoms with Gasteiger partial charge in [-0.1, -0.05) is 25.5 Å². The SMILES string of the molecule is CCCOc1cc(C)ccc1NC(=O)c1cccc(S(=O)(=O)N2CCCCC2C)c1. The van der Waals surface area contributed by atoms with Crippen LogP contribution >= 0.6 is 0 Å². The van der Waals surface area contributed by atoms with Gasteiger partial charge in [-0.3, -0.25) is 4.79 Å². The molecule has 0 saturated carbocycles. The van der Waals surface area contributed by atoms with Crippen molar-refractivity contribution in [1.29, 1.82) is 0 Å². The summed E-state index contributed by atoms with van der Waals surface area (Å²) in [5, 5.41) is 2.86. The first kappa shape index (κ1) is 22.3. The van der Waals surface area contributed by atoms with Gasteiger partial charge < -0.3 is 10.1 Å². The molecule has 0 aromatic heterocycles. The van der Waals surface area contributed by atoms with Gasteiger partial charge >= 0.3 is 0 Å². The Morgan fingerprint density at radius 2 is 2.00 bits per heavy atom. The summed E-state index contributed by atoms with van der Waals surface area (Å²) in [6.07, 6.45) is 3.61. The van der Waals surface area contributed by atoms with Gasteiger partial charge in [0.1, 0.15) is 5.75 Å². The highest BCUT2D eigenvalue weighted by Crippen LogP contribution is 2.28. The van der Waals surface area contributed by atoms with E-state index in [2.05, 4.69) is 5.32 Å². The van der Waals surface area contributed by atoms with Crippen LogP contribution in [-0.2, 0) is 10.0 Å². The molecule has 2 aromatic rings. The van der Waals surface area contributed by atoms with Crippen LogP contribution in [0.2, 0.25) is 0 Å². The van der Waals surface area contributed by atoms with E-state index in [4.69, 9.17) is 4.74 Å². The largest absolute Gasteiger partial charge is 0.491 e. The highest BCUT2D eigenvalue weighted by molar-refractivity contribution is 7.89. The molecular formula is C23H30N2O4S. The minimum atomic E-state index is -3.64. The molecule has 30 heavy (non-hydrogen) atoms. The van der Waals surface area contributed by atoms with Gasteiger partial charge in [0.05, 0.1) is 17.2 Å². The number of ether oxygens (including phenoxy) is 1. The molecule has 0 spiro atoms. The summed E-state index contributed by atoms with van der Waals surface area (Å²) in [5.74, 6) is 0.236. The molecule has 1 aliphatic heterocycles. The fraction of sp³-hybridized carbons (Fsp3) is 0.435. The molecule has 6 nitrogen and oxygen atoms in total. The van der Waals surface area contributed by atoms with E-state index in [1.165, 1.54) is 6.07 Å². The Bertz CT molecular complexity index is 1000. The third-order valence-electron chi connectivity index (χ3n) is 5.29. The quantitative estimate of drug-likeness (QED) is 0.697. The number of piperidine rings is 1. The third-order valence-corrected chi connectivity index (χ3v) is 7.30. The van der Waals surface area contributed by atoms with Gasteiger partial charge in [-0.2, -0.15) is 4.31 Å². The monoisotopic (exact) mass is 430 g/mol.